The molecule has 4 nitrogen and oxygen atoms in total. The van der Waals surface area contributed by atoms with E-state index in [1.807, 2.05) is 35.2 Å². The first-order valence-corrected chi connectivity index (χ1v) is 14.3. The van der Waals surface area contributed by atoms with Gasteiger partial charge >= 0.3 is 12.4 Å². The van der Waals surface area contributed by atoms with Crippen molar-refractivity contribution in [1.29, 1.82) is 0 Å². The van der Waals surface area contributed by atoms with E-state index in [-0.39, 0.29) is 36.9 Å². The van der Waals surface area contributed by atoms with Crippen LogP contribution in [0.2, 0.25) is 0 Å². The second kappa shape index (κ2) is 13.1. The molecule has 5 atom stereocenters. The van der Waals surface area contributed by atoms with Crippen molar-refractivity contribution in [2.75, 3.05) is 6.61 Å². The van der Waals surface area contributed by atoms with Crippen molar-refractivity contribution in [3.63, 3.8) is 0 Å². The van der Waals surface area contributed by atoms with E-state index in [1.54, 1.807) is 6.20 Å². The summed E-state index contributed by atoms with van der Waals surface area (Å²) in [5.41, 5.74) is -3.09. The first-order chi connectivity index (χ1) is 21.6. The molecule has 2 aliphatic rings. The number of hydrogen-bond acceptors (Lipinski definition) is 4. The van der Waals surface area contributed by atoms with Crippen molar-refractivity contribution in [2.45, 2.75) is 63.0 Å². The average Bonchev–Trinajstić information content (AvgIpc) is 3.00. The van der Waals surface area contributed by atoms with Crippen molar-refractivity contribution in [2.24, 2.45) is 5.92 Å². The molecule has 0 amide bonds. The fourth-order valence-electron chi connectivity index (χ4n) is 6.07. The van der Waals surface area contributed by atoms with Crippen LogP contribution in [0, 0.1) is 23.4 Å². The van der Waals surface area contributed by atoms with Crippen molar-refractivity contribution in [3.8, 4) is 0 Å². The number of carbonyl (C=O) groups is 1. The van der Waals surface area contributed by atoms with Gasteiger partial charge in [-0.15, -0.1) is 0 Å². The molecule has 3 aromatic carbocycles. The van der Waals surface area contributed by atoms with Gasteiger partial charge in [0.1, 0.15) is 0 Å². The average molecular weight is 658 g/mol. The van der Waals surface area contributed by atoms with Crippen LogP contribution in [0.4, 0.5) is 39.5 Å². The van der Waals surface area contributed by atoms with E-state index in [4.69, 9.17) is 9.47 Å². The van der Waals surface area contributed by atoms with Gasteiger partial charge in [-0.25, -0.2) is 13.2 Å². The molecule has 246 valence electrons. The number of halogens is 9. The molecule has 46 heavy (non-hydrogen) atoms. The Morgan fingerprint density at radius 1 is 0.913 bits per heavy atom. The summed E-state index contributed by atoms with van der Waals surface area (Å²) in [4.78, 5) is 14.5. The summed E-state index contributed by atoms with van der Waals surface area (Å²) in [6.45, 7) is 1.48. The van der Waals surface area contributed by atoms with Gasteiger partial charge < -0.3 is 14.4 Å². The number of rotatable bonds is 7. The van der Waals surface area contributed by atoms with Gasteiger partial charge in [0.25, 0.3) is 0 Å². The van der Waals surface area contributed by atoms with E-state index >= 15 is 4.39 Å². The maximum absolute atomic E-state index is 15.4. The van der Waals surface area contributed by atoms with Crippen LogP contribution in [0.25, 0.3) is 0 Å². The van der Waals surface area contributed by atoms with E-state index in [0.717, 1.165) is 11.6 Å². The van der Waals surface area contributed by atoms with E-state index in [2.05, 4.69) is 0 Å². The number of allylic oxidation sites excluding steroid dienone is 1. The molecule has 2 heterocycles. The Kier molecular flexibility index (Phi) is 9.55. The Labute approximate surface area is 258 Å². The number of carbonyl (C=O) groups excluding carboxylic acids is 1. The van der Waals surface area contributed by atoms with Gasteiger partial charge in [0.2, 0.25) is 0 Å². The topological polar surface area (TPSA) is 38.8 Å². The number of nitrogens with zero attached hydrogens (tertiary/aromatic N) is 1. The highest BCUT2D eigenvalue weighted by molar-refractivity contribution is 5.90. The maximum atomic E-state index is 15.4. The molecule has 0 saturated carbocycles. The number of hydrogen-bond donors (Lipinski definition) is 0. The Morgan fingerprint density at radius 2 is 1.57 bits per heavy atom. The fraction of sp³-hybridized carbons (Fsp3) is 0.364. The maximum Gasteiger partial charge on any atom is 0.416 e. The fourth-order valence-corrected chi connectivity index (χ4v) is 6.07. The summed E-state index contributed by atoms with van der Waals surface area (Å²) in [6, 6.07) is 11.3. The zero-order chi connectivity index (χ0) is 33.4. The molecule has 1 saturated heterocycles. The van der Waals surface area contributed by atoms with Gasteiger partial charge in [-0.2, -0.15) is 26.3 Å². The zero-order valence-electron chi connectivity index (χ0n) is 24.2. The lowest BCUT2D eigenvalue weighted by molar-refractivity contribution is -0.214. The smallest absolute Gasteiger partial charge is 0.369 e. The van der Waals surface area contributed by atoms with Crippen LogP contribution >= 0.6 is 0 Å². The van der Waals surface area contributed by atoms with Gasteiger partial charge in [0.15, 0.2) is 29.5 Å². The molecular weight excluding hydrogens is 629 g/mol. The molecule has 3 aromatic rings. The third-order valence-corrected chi connectivity index (χ3v) is 8.32. The quantitative estimate of drug-likeness (QED) is 0.188. The Morgan fingerprint density at radius 3 is 2.20 bits per heavy atom. The molecule has 2 aliphatic heterocycles. The van der Waals surface area contributed by atoms with E-state index < -0.39 is 76.8 Å². The van der Waals surface area contributed by atoms with Gasteiger partial charge in [0, 0.05) is 31.1 Å². The molecule has 13 heteroatoms. The summed E-state index contributed by atoms with van der Waals surface area (Å²) in [5, 5.41) is 0. The van der Waals surface area contributed by atoms with E-state index in [1.165, 1.54) is 13.0 Å². The van der Waals surface area contributed by atoms with Crippen LogP contribution in [0.5, 0.6) is 0 Å². The molecule has 5 unspecified atom stereocenters. The Bertz CT molecular complexity index is 1560. The molecule has 0 radical (unpaired) electrons. The van der Waals surface area contributed by atoms with Crippen LogP contribution in [0.3, 0.4) is 0 Å². The highest BCUT2D eigenvalue weighted by Gasteiger charge is 2.46. The van der Waals surface area contributed by atoms with Crippen LogP contribution in [-0.4, -0.2) is 29.6 Å². The highest BCUT2D eigenvalue weighted by Crippen LogP contribution is 2.45. The Hall–Kier alpha value is -3.84. The predicted molar refractivity (Wildman–Crippen MR) is 147 cm³/mol. The van der Waals surface area contributed by atoms with E-state index in [9.17, 15) is 39.9 Å². The van der Waals surface area contributed by atoms with Crippen LogP contribution in [0.15, 0.2) is 72.9 Å². The SMILES string of the molecule is CC(OC1OCCC(C2CC(=O)C=CN2Cc2ccccc2)C1c1ccc(F)c(F)c1F)c1cc(C(F)(F)F)cc(C(F)(F)F)c1. The summed E-state index contributed by atoms with van der Waals surface area (Å²) < 4.78 is 137. The minimum Gasteiger partial charge on any atom is -0.369 e. The van der Waals surface area contributed by atoms with Crippen molar-refractivity contribution >= 4 is 5.78 Å². The molecule has 0 N–H and O–H groups in total. The monoisotopic (exact) mass is 657 g/mol. The Balaban J connectivity index is 1.55. The molecule has 1 fully saturated rings. The summed E-state index contributed by atoms with van der Waals surface area (Å²) in [6.07, 6.45) is -10.1. The molecule has 0 spiro atoms. The lowest BCUT2D eigenvalue weighted by Gasteiger charge is -2.46. The standard InChI is InChI=1S/C33H28F9NO3/c1-18(20-13-21(32(37,38)39)15-22(14-20)33(40,41)42)46-31-28(25-7-8-26(34)30(36)29(25)35)24(10-12-45-31)27-16-23(44)9-11-43(27)17-19-5-3-2-4-6-19/h2-9,11,13-15,18,24,27-28,31H,10,12,16-17H2,1H3. The third-order valence-electron chi connectivity index (χ3n) is 8.32. The van der Waals surface area contributed by atoms with E-state index in [0.29, 0.717) is 24.7 Å². The van der Waals surface area contributed by atoms with Gasteiger partial charge in [-0.1, -0.05) is 36.4 Å². The minimum atomic E-state index is -5.11. The summed E-state index contributed by atoms with van der Waals surface area (Å²) in [7, 11) is 0. The largest absolute Gasteiger partial charge is 0.416 e. The van der Waals surface area contributed by atoms with Crippen molar-refractivity contribution < 1.29 is 53.8 Å². The van der Waals surface area contributed by atoms with Crippen LogP contribution < -0.4 is 0 Å². The zero-order valence-corrected chi connectivity index (χ0v) is 24.2. The highest BCUT2D eigenvalue weighted by atomic mass is 19.4. The molecular formula is C33H28F9NO3. The number of ketones is 1. The molecule has 5 rings (SSSR count). The number of alkyl halides is 6. The minimum absolute atomic E-state index is 0.0161. The molecule has 0 aliphatic carbocycles. The second-order valence-corrected chi connectivity index (χ2v) is 11.3. The third kappa shape index (κ3) is 7.25. The first-order valence-electron chi connectivity index (χ1n) is 14.3. The predicted octanol–water partition coefficient (Wildman–Crippen LogP) is 8.72. The van der Waals surface area contributed by atoms with Crippen LogP contribution in [0.1, 0.15) is 59.6 Å². The van der Waals surface area contributed by atoms with Crippen molar-refractivity contribution in [1.82, 2.24) is 4.90 Å². The normalized spacial score (nSPS) is 23.1. The van der Waals surface area contributed by atoms with Crippen molar-refractivity contribution in [3.05, 3.63) is 118 Å². The number of benzene rings is 3. The lowest BCUT2D eigenvalue weighted by atomic mass is 9.74. The second-order valence-electron chi connectivity index (χ2n) is 11.3. The molecule has 0 aromatic heterocycles. The first kappa shape index (κ1) is 33.5. The van der Waals surface area contributed by atoms with Gasteiger partial charge in [0.05, 0.1) is 23.8 Å². The van der Waals surface area contributed by atoms with Gasteiger partial charge in [-0.05, 0) is 66.3 Å². The summed E-state index contributed by atoms with van der Waals surface area (Å²) in [5.74, 6) is -7.00. The summed E-state index contributed by atoms with van der Waals surface area (Å²) >= 11 is 0. The lowest BCUT2D eigenvalue weighted by Crippen LogP contribution is -2.49. The van der Waals surface area contributed by atoms with Crippen LogP contribution in [-0.2, 0) is 33.2 Å². The molecule has 0 bridgehead atoms. The van der Waals surface area contributed by atoms with Gasteiger partial charge in [-0.3, -0.25) is 4.79 Å². The number of ether oxygens (including phenoxy) is 2.